The van der Waals surface area contributed by atoms with Crippen molar-refractivity contribution in [2.24, 2.45) is 5.41 Å². The van der Waals surface area contributed by atoms with E-state index in [1.807, 2.05) is 38.1 Å². The maximum absolute atomic E-state index is 12.0. The van der Waals surface area contributed by atoms with E-state index in [0.29, 0.717) is 11.4 Å². The molecule has 80 valence electrons. The topological polar surface area (TPSA) is 17.1 Å². The highest BCUT2D eigenvalue weighted by molar-refractivity contribution is 6.21. The summed E-state index contributed by atoms with van der Waals surface area (Å²) in [5.41, 5.74) is 1.21. The van der Waals surface area contributed by atoms with Crippen molar-refractivity contribution in [3.8, 4) is 0 Å². The molecule has 0 aliphatic heterocycles. The third-order valence-corrected chi connectivity index (χ3v) is 3.03. The third-order valence-electron chi connectivity index (χ3n) is 2.36. The van der Waals surface area contributed by atoms with E-state index in [1.165, 1.54) is 0 Å². The monoisotopic (exact) mass is 222 g/mol. The van der Waals surface area contributed by atoms with Crippen molar-refractivity contribution in [3.05, 3.63) is 42.0 Å². The van der Waals surface area contributed by atoms with Gasteiger partial charge in [-0.2, -0.15) is 0 Å². The van der Waals surface area contributed by atoms with Gasteiger partial charge in [0.05, 0.1) is 0 Å². The Kier molecular flexibility index (Phi) is 3.70. The highest BCUT2D eigenvalue weighted by Crippen LogP contribution is 2.23. The standard InChI is InChI=1S/C13H15ClO/c1-4-10-5-7-11(8-6-10)12(15)13(2,3)9-14/h4-8H,1,9H2,2-3H3. The van der Waals surface area contributed by atoms with Gasteiger partial charge in [-0.3, -0.25) is 4.79 Å². The first-order valence-corrected chi connectivity index (χ1v) is 5.38. The minimum Gasteiger partial charge on any atom is -0.294 e. The molecule has 0 spiro atoms. The van der Waals surface area contributed by atoms with Crippen LogP contribution >= 0.6 is 11.6 Å². The molecule has 0 aliphatic carbocycles. The van der Waals surface area contributed by atoms with Gasteiger partial charge in [-0.25, -0.2) is 0 Å². The molecule has 1 nitrogen and oxygen atoms in total. The van der Waals surface area contributed by atoms with E-state index >= 15 is 0 Å². The van der Waals surface area contributed by atoms with Gasteiger partial charge >= 0.3 is 0 Å². The Bertz CT molecular complexity index is 363. The van der Waals surface area contributed by atoms with Crippen LogP contribution < -0.4 is 0 Å². The van der Waals surface area contributed by atoms with Crippen LogP contribution in [0.4, 0.5) is 0 Å². The van der Waals surface area contributed by atoms with Crippen molar-refractivity contribution in [3.63, 3.8) is 0 Å². The van der Waals surface area contributed by atoms with E-state index < -0.39 is 5.41 Å². The van der Waals surface area contributed by atoms with E-state index in [1.54, 1.807) is 6.08 Å². The lowest BCUT2D eigenvalue weighted by Crippen LogP contribution is -2.26. The third kappa shape index (κ3) is 2.69. The maximum Gasteiger partial charge on any atom is 0.169 e. The molecule has 0 aromatic heterocycles. The molecule has 1 aromatic rings. The quantitative estimate of drug-likeness (QED) is 0.560. The Labute approximate surface area is 95.8 Å². The largest absolute Gasteiger partial charge is 0.294 e. The van der Waals surface area contributed by atoms with Gasteiger partial charge in [0.15, 0.2) is 5.78 Å². The first-order valence-electron chi connectivity index (χ1n) is 4.84. The molecule has 0 fully saturated rings. The normalized spacial score (nSPS) is 11.1. The molecular weight excluding hydrogens is 208 g/mol. The van der Waals surface area contributed by atoms with Crippen LogP contribution in [0.2, 0.25) is 0 Å². The molecule has 1 rings (SSSR count). The lowest BCUT2D eigenvalue weighted by molar-refractivity contribution is 0.0862. The van der Waals surface area contributed by atoms with Crippen LogP contribution in [-0.2, 0) is 0 Å². The molecule has 15 heavy (non-hydrogen) atoms. The molecule has 0 unspecified atom stereocenters. The predicted octanol–water partition coefficient (Wildman–Crippen LogP) is 3.78. The van der Waals surface area contributed by atoms with Crippen molar-refractivity contribution in [1.82, 2.24) is 0 Å². The van der Waals surface area contributed by atoms with Gasteiger partial charge in [0.2, 0.25) is 0 Å². The van der Waals surface area contributed by atoms with E-state index in [9.17, 15) is 4.79 Å². The average Bonchev–Trinajstić information content (AvgIpc) is 2.28. The van der Waals surface area contributed by atoms with Crippen molar-refractivity contribution in [2.45, 2.75) is 13.8 Å². The molecule has 0 saturated heterocycles. The summed E-state index contributed by atoms with van der Waals surface area (Å²) in [5, 5.41) is 0. The van der Waals surface area contributed by atoms with Crippen LogP contribution in [0.5, 0.6) is 0 Å². The minimum absolute atomic E-state index is 0.0770. The van der Waals surface area contributed by atoms with Crippen molar-refractivity contribution in [2.75, 3.05) is 5.88 Å². The molecule has 0 atom stereocenters. The van der Waals surface area contributed by atoms with Crippen LogP contribution in [0.15, 0.2) is 30.8 Å². The summed E-state index contributed by atoms with van der Waals surface area (Å²) in [6.07, 6.45) is 1.75. The van der Waals surface area contributed by atoms with Gasteiger partial charge in [0.1, 0.15) is 0 Å². The maximum atomic E-state index is 12.0. The lowest BCUT2D eigenvalue weighted by atomic mass is 9.86. The predicted molar refractivity (Wildman–Crippen MR) is 65.4 cm³/mol. The number of hydrogen-bond acceptors (Lipinski definition) is 1. The number of rotatable bonds is 4. The zero-order valence-electron chi connectivity index (χ0n) is 9.09. The van der Waals surface area contributed by atoms with Crippen molar-refractivity contribution in [1.29, 1.82) is 0 Å². The van der Waals surface area contributed by atoms with Crippen LogP contribution in [0.1, 0.15) is 29.8 Å². The number of carbonyl (C=O) groups excluding carboxylic acids is 1. The average molecular weight is 223 g/mol. The van der Waals surface area contributed by atoms with E-state index in [2.05, 4.69) is 6.58 Å². The van der Waals surface area contributed by atoms with Gasteiger partial charge in [-0.15, -0.1) is 11.6 Å². The molecule has 0 bridgehead atoms. The summed E-state index contributed by atoms with van der Waals surface area (Å²) >= 11 is 5.76. The van der Waals surface area contributed by atoms with Crippen LogP contribution in [0, 0.1) is 5.41 Å². The number of hydrogen-bond donors (Lipinski definition) is 0. The molecule has 0 aliphatic rings. The molecule has 1 aromatic carbocycles. The second kappa shape index (κ2) is 4.63. The van der Waals surface area contributed by atoms with E-state index in [-0.39, 0.29) is 5.78 Å². The molecule has 2 heteroatoms. The lowest BCUT2D eigenvalue weighted by Gasteiger charge is -2.19. The van der Waals surface area contributed by atoms with Crippen molar-refractivity contribution >= 4 is 23.5 Å². The first kappa shape index (κ1) is 12.0. The number of ketones is 1. The summed E-state index contributed by atoms with van der Waals surface area (Å²) in [5.74, 6) is 0.405. The first-order chi connectivity index (χ1) is 7.01. The summed E-state index contributed by atoms with van der Waals surface area (Å²) in [7, 11) is 0. The fourth-order valence-electron chi connectivity index (χ4n) is 1.22. The molecule has 0 radical (unpaired) electrons. The molecular formula is C13H15ClO. The number of alkyl halides is 1. The fourth-order valence-corrected chi connectivity index (χ4v) is 1.34. The van der Waals surface area contributed by atoms with Crippen LogP contribution in [-0.4, -0.2) is 11.7 Å². The Morgan fingerprint density at radius 3 is 2.33 bits per heavy atom. The molecule has 0 amide bonds. The summed E-state index contributed by atoms with van der Waals surface area (Å²) in [4.78, 5) is 12.0. The SMILES string of the molecule is C=Cc1ccc(C(=O)C(C)(C)CCl)cc1. The highest BCUT2D eigenvalue weighted by atomic mass is 35.5. The minimum atomic E-state index is -0.503. The Hall–Kier alpha value is -1.08. The summed E-state index contributed by atoms with van der Waals surface area (Å²) in [6.45, 7) is 7.37. The molecule has 0 saturated carbocycles. The van der Waals surface area contributed by atoms with Gasteiger partial charge in [0, 0.05) is 16.9 Å². The van der Waals surface area contributed by atoms with Gasteiger partial charge in [-0.1, -0.05) is 50.8 Å². The van der Waals surface area contributed by atoms with Gasteiger partial charge < -0.3 is 0 Å². The highest BCUT2D eigenvalue weighted by Gasteiger charge is 2.27. The van der Waals surface area contributed by atoms with E-state index in [4.69, 9.17) is 11.6 Å². The van der Waals surface area contributed by atoms with Crippen molar-refractivity contribution < 1.29 is 4.79 Å². The zero-order valence-corrected chi connectivity index (χ0v) is 9.84. The van der Waals surface area contributed by atoms with Crippen LogP contribution in [0.3, 0.4) is 0 Å². The Balaban J connectivity index is 2.97. The Morgan fingerprint density at radius 2 is 1.93 bits per heavy atom. The Morgan fingerprint density at radius 1 is 1.40 bits per heavy atom. The fraction of sp³-hybridized carbons (Fsp3) is 0.308. The van der Waals surface area contributed by atoms with Gasteiger partial charge in [-0.05, 0) is 5.56 Å². The van der Waals surface area contributed by atoms with Gasteiger partial charge in [0.25, 0.3) is 0 Å². The zero-order chi connectivity index (χ0) is 11.5. The number of benzene rings is 1. The van der Waals surface area contributed by atoms with E-state index in [0.717, 1.165) is 5.56 Å². The van der Waals surface area contributed by atoms with Crippen LogP contribution in [0.25, 0.3) is 6.08 Å². The number of carbonyl (C=O) groups is 1. The molecule has 0 N–H and O–H groups in total. The second-order valence-corrected chi connectivity index (χ2v) is 4.44. The smallest absolute Gasteiger partial charge is 0.169 e. The second-order valence-electron chi connectivity index (χ2n) is 4.17. The summed E-state index contributed by atoms with van der Waals surface area (Å²) in [6, 6.07) is 7.39. The summed E-state index contributed by atoms with van der Waals surface area (Å²) < 4.78 is 0. The molecule has 0 heterocycles. The number of halogens is 1. The number of Topliss-reactive ketones (excluding diaryl/α,β-unsaturated/α-hetero) is 1.